The van der Waals surface area contributed by atoms with Gasteiger partial charge in [0, 0.05) is 6.04 Å². The summed E-state index contributed by atoms with van der Waals surface area (Å²) in [6.07, 6.45) is 5.40. The highest BCUT2D eigenvalue weighted by Gasteiger charge is 2.29. The van der Waals surface area contributed by atoms with Gasteiger partial charge in [0.15, 0.2) is 0 Å². The summed E-state index contributed by atoms with van der Waals surface area (Å²) in [6, 6.07) is 0.676. The van der Waals surface area contributed by atoms with E-state index < -0.39 is 0 Å². The zero-order valence-corrected chi connectivity index (χ0v) is 9.97. The van der Waals surface area contributed by atoms with E-state index in [-0.39, 0.29) is 0 Å². The van der Waals surface area contributed by atoms with E-state index in [4.69, 9.17) is 0 Å². The summed E-state index contributed by atoms with van der Waals surface area (Å²) in [7, 11) is 0. The van der Waals surface area contributed by atoms with E-state index in [1.54, 1.807) is 0 Å². The lowest BCUT2D eigenvalue weighted by molar-refractivity contribution is 0.298. The van der Waals surface area contributed by atoms with Crippen LogP contribution in [-0.4, -0.2) is 12.6 Å². The molecule has 0 aromatic rings. The van der Waals surface area contributed by atoms with Crippen LogP contribution < -0.4 is 5.32 Å². The first-order chi connectivity index (χ1) is 6.65. The van der Waals surface area contributed by atoms with Gasteiger partial charge in [-0.2, -0.15) is 0 Å². The Kier molecular flexibility index (Phi) is 4.67. The van der Waals surface area contributed by atoms with Gasteiger partial charge < -0.3 is 5.32 Å². The Morgan fingerprint density at radius 2 is 2.21 bits per heavy atom. The monoisotopic (exact) mass is 195 g/mol. The van der Waals surface area contributed by atoms with Crippen molar-refractivity contribution in [3.05, 3.63) is 12.2 Å². The van der Waals surface area contributed by atoms with E-state index in [0.29, 0.717) is 6.04 Å². The second kappa shape index (κ2) is 5.55. The summed E-state index contributed by atoms with van der Waals surface area (Å²) < 4.78 is 0. The quantitative estimate of drug-likeness (QED) is 0.663. The van der Waals surface area contributed by atoms with Crippen molar-refractivity contribution in [2.24, 2.45) is 11.8 Å². The van der Waals surface area contributed by atoms with Crippen molar-refractivity contribution in [2.75, 3.05) is 6.54 Å². The van der Waals surface area contributed by atoms with Gasteiger partial charge in [-0.05, 0) is 38.1 Å². The van der Waals surface area contributed by atoms with Gasteiger partial charge in [-0.25, -0.2) is 0 Å². The van der Waals surface area contributed by atoms with Crippen molar-refractivity contribution in [2.45, 2.75) is 52.5 Å². The number of hydrogen-bond donors (Lipinski definition) is 1. The molecule has 1 aliphatic rings. The van der Waals surface area contributed by atoms with E-state index in [0.717, 1.165) is 24.8 Å². The summed E-state index contributed by atoms with van der Waals surface area (Å²) in [5, 5.41) is 3.63. The van der Waals surface area contributed by atoms with Crippen LogP contribution in [0.25, 0.3) is 0 Å². The standard InChI is InChI=1S/C13H25N/c1-5-14-13(9-10(2)3)12-8-6-7-11(12)4/h11-14H,2,5-9H2,1,3-4H3. The Balaban J connectivity index is 2.51. The van der Waals surface area contributed by atoms with Gasteiger partial charge in [0.1, 0.15) is 0 Å². The van der Waals surface area contributed by atoms with Crippen molar-refractivity contribution in [3.63, 3.8) is 0 Å². The largest absolute Gasteiger partial charge is 0.314 e. The average molecular weight is 195 g/mol. The second-order valence-electron chi connectivity index (χ2n) is 4.90. The molecule has 0 aromatic heterocycles. The topological polar surface area (TPSA) is 12.0 Å². The fraction of sp³-hybridized carbons (Fsp3) is 0.846. The molecule has 1 rings (SSSR count). The summed E-state index contributed by atoms with van der Waals surface area (Å²) in [5.74, 6) is 1.78. The molecule has 1 fully saturated rings. The van der Waals surface area contributed by atoms with E-state index >= 15 is 0 Å². The summed E-state index contributed by atoms with van der Waals surface area (Å²) in [6.45, 7) is 11.9. The van der Waals surface area contributed by atoms with E-state index in [1.807, 2.05) is 0 Å². The van der Waals surface area contributed by atoms with Crippen molar-refractivity contribution >= 4 is 0 Å². The van der Waals surface area contributed by atoms with E-state index in [9.17, 15) is 0 Å². The molecule has 0 radical (unpaired) electrons. The Morgan fingerprint density at radius 1 is 1.50 bits per heavy atom. The minimum absolute atomic E-state index is 0.676. The fourth-order valence-corrected chi connectivity index (χ4v) is 2.78. The molecule has 0 heterocycles. The molecule has 82 valence electrons. The van der Waals surface area contributed by atoms with Crippen LogP contribution in [0.4, 0.5) is 0 Å². The molecule has 3 atom stereocenters. The third kappa shape index (κ3) is 3.13. The number of rotatable bonds is 5. The SMILES string of the molecule is C=C(C)CC(NCC)C1CCCC1C. The Morgan fingerprint density at radius 3 is 2.64 bits per heavy atom. The predicted octanol–water partition coefficient (Wildman–Crippen LogP) is 3.37. The van der Waals surface area contributed by atoms with Crippen LogP contribution >= 0.6 is 0 Å². The summed E-state index contributed by atoms with van der Waals surface area (Å²) in [4.78, 5) is 0. The molecule has 0 aromatic carbocycles. The van der Waals surface area contributed by atoms with Crippen LogP contribution in [-0.2, 0) is 0 Å². The fourth-order valence-electron chi connectivity index (χ4n) is 2.78. The molecule has 3 unspecified atom stereocenters. The van der Waals surface area contributed by atoms with Crippen molar-refractivity contribution in [1.29, 1.82) is 0 Å². The van der Waals surface area contributed by atoms with Crippen LogP contribution in [0.15, 0.2) is 12.2 Å². The van der Waals surface area contributed by atoms with Crippen LogP contribution in [0.5, 0.6) is 0 Å². The first kappa shape index (κ1) is 11.8. The van der Waals surface area contributed by atoms with Crippen LogP contribution in [0.2, 0.25) is 0 Å². The molecular weight excluding hydrogens is 170 g/mol. The molecule has 1 nitrogen and oxygen atoms in total. The van der Waals surface area contributed by atoms with Gasteiger partial charge in [0.05, 0.1) is 0 Å². The van der Waals surface area contributed by atoms with E-state index in [2.05, 4.69) is 32.7 Å². The second-order valence-corrected chi connectivity index (χ2v) is 4.90. The van der Waals surface area contributed by atoms with Crippen molar-refractivity contribution in [1.82, 2.24) is 5.32 Å². The van der Waals surface area contributed by atoms with Crippen LogP contribution in [0.3, 0.4) is 0 Å². The molecule has 1 heteroatoms. The molecule has 0 amide bonds. The van der Waals surface area contributed by atoms with Gasteiger partial charge in [-0.15, -0.1) is 6.58 Å². The summed E-state index contributed by atoms with van der Waals surface area (Å²) in [5.41, 5.74) is 1.31. The van der Waals surface area contributed by atoms with Crippen molar-refractivity contribution in [3.8, 4) is 0 Å². The normalized spacial score (nSPS) is 29.1. The lowest BCUT2D eigenvalue weighted by atomic mass is 9.87. The first-order valence-electron chi connectivity index (χ1n) is 6.03. The molecule has 1 saturated carbocycles. The third-order valence-corrected chi connectivity index (χ3v) is 3.48. The Labute approximate surface area is 89.0 Å². The van der Waals surface area contributed by atoms with E-state index in [1.165, 1.54) is 24.8 Å². The van der Waals surface area contributed by atoms with Crippen molar-refractivity contribution < 1.29 is 0 Å². The molecule has 0 spiro atoms. The molecule has 1 N–H and O–H groups in total. The van der Waals surface area contributed by atoms with Gasteiger partial charge in [-0.1, -0.05) is 32.3 Å². The number of hydrogen-bond acceptors (Lipinski definition) is 1. The van der Waals surface area contributed by atoms with Gasteiger partial charge in [0.25, 0.3) is 0 Å². The minimum Gasteiger partial charge on any atom is -0.314 e. The molecule has 0 aliphatic heterocycles. The highest BCUT2D eigenvalue weighted by atomic mass is 14.9. The van der Waals surface area contributed by atoms with Crippen LogP contribution in [0, 0.1) is 11.8 Å². The molecule has 1 aliphatic carbocycles. The molecule has 14 heavy (non-hydrogen) atoms. The number of nitrogens with one attached hydrogen (secondary N) is 1. The molecule has 0 bridgehead atoms. The average Bonchev–Trinajstić information content (AvgIpc) is 2.50. The van der Waals surface area contributed by atoms with Gasteiger partial charge in [0.2, 0.25) is 0 Å². The van der Waals surface area contributed by atoms with Crippen LogP contribution in [0.1, 0.15) is 46.5 Å². The smallest absolute Gasteiger partial charge is 0.0135 e. The lowest BCUT2D eigenvalue weighted by Crippen LogP contribution is -2.37. The Bertz CT molecular complexity index is 186. The maximum absolute atomic E-state index is 4.03. The Hall–Kier alpha value is -0.300. The van der Waals surface area contributed by atoms with Gasteiger partial charge >= 0.3 is 0 Å². The molecule has 0 saturated heterocycles. The maximum atomic E-state index is 4.03. The zero-order chi connectivity index (χ0) is 10.6. The highest BCUT2D eigenvalue weighted by molar-refractivity contribution is 4.97. The third-order valence-electron chi connectivity index (χ3n) is 3.48. The zero-order valence-electron chi connectivity index (χ0n) is 9.97. The van der Waals surface area contributed by atoms with Gasteiger partial charge in [-0.3, -0.25) is 0 Å². The minimum atomic E-state index is 0.676. The first-order valence-corrected chi connectivity index (χ1v) is 6.03. The maximum Gasteiger partial charge on any atom is 0.0135 e. The highest BCUT2D eigenvalue weighted by Crippen LogP contribution is 2.35. The summed E-state index contributed by atoms with van der Waals surface area (Å²) >= 11 is 0. The lowest BCUT2D eigenvalue weighted by Gasteiger charge is -2.27. The molecular formula is C13H25N. The predicted molar refractivity (Wildman–Crippen MR) is 63.4 cm³/mol.